The Labute approximate surface area is 156 Å². The van der Waals surface area contributed by atoms with Gasteiger partial charge in [0.25, 0.3) is 5.91 Å². The molecule has 1 amide bonds. The van der Waals surface area contributed by atoms with Crippen molar-refractivity contribution in [3.8, 4) is 0 Å². The van der Waals surface area contributed by atoms with Crippen LogP contribution in [0.2, 0.25) is 0 Å². The highest BCUT2D eigenvalue weighted by atomic mass is 19.1. The maximum absolute atomic E-state index is 13.4. The third-order valence-corrected chi connectivity index (χ3v) is 4.44. The molecule has 6 nitrogen and oxygen atoms in total. The van der Waals surface area contributed by atoms with E-state index in [0.29, 0.717) is 16.7 Å². The van der Waals surface area contributed by atoms with Gasteiger partial charge in [0.1, 0.15) is 5.82 Å². The maximum atomic E-state index is 13.4. The van der Waals surface area contributed by atoms with Crippen molar-refractivity contribution in [3.05, 3.63) is 65.0 Å². The average molecular weight is 369 g/mol. The topological polar surface area (TPSA) is 82.0 Å². The molecule has 0 aromatic heterocycles. The molecule has 0 bridgehead atoms. The Kier molecular flexibility index (Phi) is 5.21. The van der Waals surface area contributed by atoms with Gasteiger partial charge in [-0.3, -0.25) is 9.80 Å². The SMILES string of the molecule is CC1=NN(c2ccc(C(=O)NC(C(=O)O)c3ccc(F)c(C)c3)cc2)CC1. The summed E-state index contributed by atoms with van der Waals surface area (Å²) in [6.45, 7) is 4.30. The highest BCUT2D eigenvalue weighted by molar-refractivity contribution is 5.97. The van der Waals surface area contributed by atoms with E-state index in [1.165, 1.54) is 18.2 Å². The molecule has 140 valence electrons. The summed E-state index contributed by atoms with van der Waals surface area (Å²) in [5, 5.41) is 18.2. The zero-order valence-corrected chi connectivity index (χ0v) is 15.1. The lowest BCUT2D eigenvalue weighted by atomic mass is 10.0. The van der Waals surface area contributed by atoms with Crippen LogP contribution in [-0.4, -0.2) is 29.2 Å². The largest absolute Gasteiger partial charge is 0.479 e. The van der Waals surface area contributed by atoms with Crippen molar-refractivity contribution in [3.63, 3.8) is 0 Å². The van der Waals surface area contributed by atoms with Gasteiger partial charge in [-0.25, -0.2) is 9.18 Å². The van der Waals surface area contributed by atoms with E-state index in [-0.39, 0.29) is 0 Å². The van der Waals surface area contributed by atoms with Crippen LogP contribution in [0.1, 0.15) is 40.9 Å². The van der Waals surface area contributed by atoms with Crippen LogP contribution in [-0.2, 0) is 4.79 Å². The van der Waals surface area contributed by atoms with Gasteiger partial charge in [-0.05, 0) is 55.3 Å². The number of carboxylic acid groups (broad SMARTS) is 1. The minimum absolute atomic E-state index is 0.313. The van der Waals surface area contributed by atoms with Gasteiger partial charge in [-0.1, -0.05) is 12.1 Å². The molecule has 1 aliphatic rings. The first kappa shape index (κ1) is 18.6. The van der Waals surface area contributed by atoms with Crippen molar-refractivity contribution in [1.29, 1.82) is 0 Å². The van der Waals surface area contributed by atoms with Crippen molar-refractivity contribution in [2.45, 2.75) is 26.3 Å². The third-order valence-electron chi connectivity index (χ3n) is 4.44. The van der Waals surface area contributed by atoms with E-state index in [9.17, 15) is 19.1 Å². The van der Waals surface area contributed by atoms with Gasteiger partial charge in [0, 0.05) is 24.2 Å². The first-order valence-corrected chi connectivity index (χ1v) is 8.56. The number of benzene rings is 2. The lowest BCUT2D eigenvalue weighted by molar-refractivity contribution is -0.139. The van der Waals surface area contributed by atoms with Crippen LogP contribution in [0.15, 0.2) is 47.6 Å². The first-order chi connectivity index (χ1) is 12.8. The summed E-state index contributed by atoms with van der Waals surface area (Å²) >= 11 is 0. The smallest absolute Gasteiger partial charge is 0.330 e. The Morgan fingerprint density at radius 2 is 1.89 bits per heavy atom. The van der Waals surface area contributed by atoms with Crippen LogP contribution in [0.25, 0.3) is 0 Å². The summed E-state index contributed by atoms with van der Waals surface area (Å²) in [5.41, 5.74) is 2.89. The van der Waals surface area contributed by atoms with Gasteiger partial charge in [-0.15, -0.1) is 0 Å². The zero-order valence-electron chi connectivity index (χ0n) is 15.1. The van der Waals surface area contributed by atoms with E-state index in [1.54, 1.807) is 31.2 Å². The van der Waals surface area contributed by atoms with E-state index in [0.717, 1.165) is 24.4 Å². The Hall–Kier alpha value is -3.22. The predicted octanol–water partition coefficient (Wildman–Crippen LogP) is 3.28. The molecule has 0 fully saturated rings. The second-order valence-corrected chi connectivity index (χ2v) is 6.51. The maximum Gasteiger partial charge on any atom is 0.330 e. The Morgan fingerprint density at radius 3 is 2.44 bits per heavy atom. The van der Waals surface area contributed by atoms with E-state index in [1.807, 2.05) is 11.9 Å². The van der Waals surface area contributed by atoms with Crippen molar-refractivity contribution in [1.82, 2.24) is 5.32 Å². The molecular formula is C20H20FN3O3. The summed E-state index contributed by atoms with van der Waals surface area (Å²) in [5.74, 6) is -2.16. The molecular weight excluding hydrogens is 349 g/mol. The number of nitrogens with zero attached hydrogens (tertiary/aromatic N) is 2. The number of hydrogen-bond donors (Lipinski definition) is 2. The molecule has 3 rings (SSSR count). The summed E-state index contributed by atoms with van der Waals surface area (Å²) < 4.78 is 13.4. The molecule has 0 spiro atoms. The highest BCUT2D eigenvalue weighted by Crippen LogP contribution is 2.21. The number of amides is 1. The van der Waals surface area contributed by atoms with Gasteiger partial charge in [0.2, 0.25) is 0 Å². The molecule has 1 atom stereocenters. The lowest BCUT2D eigenvalue weighted by Crippen LogP contribution is -2.33. The Morgan fingerprint density at radius 1 is 1.19 bits per heavy atom. The first-order valence-electron chi connectivity index (χ1n) is 8.56. The minimum Gasteiger partial charge on any atom is -0.479 e. The fourth-order valence-electron chi connectivity index (χ4n) is 2.90. The number of carboxylic acids is 1. The van der Waals surface area contributed by atoms with E-state index in [2.05, 4.69) is 10.4 Å². The summed E-state index contributed by atoms with van der Waals surface area (Å²) in [4.78, 5) is 24.1. The molecule has 2 aromatic rings. The van der Waals surface area contributed by atoms with Gasteiger partial charge in [-0.2, -0.15) is 5.10 Å². The second-order valence-electron chi connectivity index (χ2n) is 6.51. The molecule has 27 heavy (non-hydrogen) atoms. The number of aryl methyl sites for hydroxylation is 1. The monoisotopic (exact) mass is 369 g/mol. The van der Waals surface area contributed by atoms with E-state index >= 15 is 0 Å². The molecule has 2 N–H and O–H groups in total. The number of carbonyl (C=O) groups is 2. The normalized spacial score (nSPS) is 14.6. The summed E-state index contributed by atoms with van der Waals surface area (Å²) in [6.07, 6.45) is 0.902. The predicted molar refractivity (Wildman–Crippen MR) is 100 cm³/mol. The minimum atomic E-state index is -1.26. The lowest BCUT2D eigenvalue weighted by Gasteiger charge is -2.17. The van der Waals surface area contributed by atoms with Crippen molar-refractivity contribution in [2.24, 2.45) is 5.10 Å². The average Bonchev–Trinajstić information content (AvgIpc) is 3.08. The van der Waals surface area contributed by atoms with Crippen LogP contribution >= 0.6 is 0 Å². The Bertz CT molecular complexity index is 909. The van der Waals surface area contributed by atoms with Gasteiger partial charge in [0.05, 0.1) is 5.69 Å². The molecule has 0 radical (unpaired) electrons. The number of anilines is 1. The molecule has 1 unspecified atom stereocenters. The third kappa shape index (κ3) is 4.13. The highest BCUT2D eigenvalue weighted by Gasteiger charge is 2.23. The molecule has 2 aromatic carbocycles. The fraction of sp³-hybridized carbons (Fsp3) is 0.250. The molecule has 7 heteroatoms. The van der Waals surface area contributed by atoms with Crippen LogP contribution in [0, 0.1) is 12.7 Å². The Balaban J connectivity index is 1.76. The second kappa shape index (κ2) is 7.57. The van der Waals surface area contributed by atoms with Crippen molar-refractivity contribution in [2.75, 3.05) is 11.6 Å². The molecule has 0 saturated carbocycles. The van der Waals surface area contributed by atoms with Gasteiger partial charge >= 0.3 is 5.97 Å². The summed E-state index contributed by atoms with van der Waals surface area (Å²) in [6, 6.07) is 9.51. The number of nitrogens with one attached hydrogen (secondary N) is 1. The molecule has 0 aliphatic carbocycles. The van der Waals surface area contributed by atoms with Crippen LogP contribution < -0.4 is 10.3 Å². The van der Waals surface area contributed by atoms with Gasteiger partial charge < -0.3 is 10.4 Å². The number of hydrazone groups is 1. The number of carbonyl (C=O) groups excluding carboxylic acids is 1. The zero-order chi connectivity index (χ0) is 19.6. The van der Waals surface area contributed by atoms with Crippen LogP contribution in [0.4, 0.5) is 10.1 Å². The van der Waals surface area contributed by atoms with Crippen LogP contribution in [0.3, 0.4) is 0 Å². The quantitative estimate of drug-likeness (QED) is 0.847. The van der Waals surface area contributed by atoms with E-state index < -0.39 is 23.7 Å². The van der Waals surface area contributed by atoms with Crippen molar-refractivity contribution >= 4 is 23.3 Å². The number of aliphatic carboxylic acids is 1. The van der Waals surface area contributed by atoms with Crippen LogP contribution in [0.5, 0.6) is 0 Å². The van der Waals surface area contributed by atoms with Gasteiger partial charge in [0.15, 0.2) is 6.04 Å². The molecule has 0 saturated heterocycles. The number of halogens is 1. The number of rotatable bonds is 5. The number of hydrogen-bond acceptors (Lipinski definition) is 4. The fourth-order valence-corrected chi connectivity index (χ4v) is 2.90. The molecule has 1 heterocycles. The molecule has 1 aliphatic heterocycles. The summed E-state index contributed by atoms with van der Waals surface area (Å²) in [7, 11) is 0. The van der Waals surface area contributed by atoms with Crippen molar-refractivity contribution < 1.29 is 19.1 Å². The standard InChI is InChI=1S/C20H20FN3O3/c1-12-11-15(5-8-17(12)21)18(20(26)27)22-19(25)14-3-6-16(7-4-14)24-10-9-13(2)23-24/h3-8,11,18H,9-10H2,1-2H3,(H,22,25)(H,26,27). The van der Waals surface area contributed by atoms with E-state index in [4.69, 9.17) is 0 Å².